The number of amides is 1. The van der Waals surface area contributed by atoms with Crippen LogP contribution in [-0.2, 0) is 17.9 Å². The Morgan fingerprint density at radius 2 is 1.92 bits per heavy atom. The van der Waals surface area contributed by atoms with Crippen molar-refractivity contribution in [2.45, 2.75) is 58.5 Å². The van der Waals surface area contributed by atoms with Crippen LogP contribution in [0.1, 0.15) is 54.1 Å². The van der Waals surface area contributed by atoms with Crippen LogP contribution in [0.15, 0.2) is 23.0 Å². The molecule has 6 nitrogen and oxygen atoms in total. The highest BCUT2D eigenvalue weighted by atomic mass is 16.2. The predicted octanol–water partition coefficient (Wildman–Crippen LogP) is 2.21. The van der Waals surface area contributed by atoms with Gasteiger partial charge in [0.1, 0.15) is 5.82 Å². The number of fused-ring (bicyclic) bond motifs is 1. The summed E-state index contributed by atoms with van der Waals surface area (Å²) in [5, 5.41) is 4.61. The van der Waals surface area contributed by atoms with Gasteiger partial charge in [-0.25, -0.2) is 9.48 Å². The molecule has 1 aromatic heterocycles. The number of aryl methyl sites for hydroxylation is 2. The molecule has 1 saturated heterocycles. The molecule has 3 heterocycles. The number of rotatable bonds is 3. The van der Waals surface area contributed by atoms with Gasteiger partial charge in [-0.1, -0.05) is 23.8 Å². The Morgan fingerprint density at radius 3 is 2.69 bits per heavy atom. The molecule has 2 aliphatic heterocycles. The van der Waals surface area contributed by atoms with Crippen LogP contribution in [0.2, 0.25) is 0 Å². The third kappa shape index (κ3) is 2.97. The minimum absolute atomic E-state index is 0.0974. The molecule has 0 N–H and O–H groups in total. The Bertz CT molecular complexity index is 890. The number of nitrogens with zero attached hydrogens (tertiary/aromatic N) is 4. The molecule has 1 fully saturated rings. The van der Waals surface area contributed by atoms with E-state index >= 15 is 0 Å². The molecule has 2 aromatic rings. The molecule has 0 spiro atoms. The SMILES string of the molecule is Cc1ccc(C)c(Cn2nc3n(c2=O)CCCC3C(=O)N2CCCC2)c1. The normalized spacial score (nSPS) is 19.6. The maximum Gasteiger partial charge on any atom is 0.346 e. The largest absolute Gasteiger partial charge is 0.346 e. The molecule has 0 radical (unpaired) electrons. The minimum atomic E-state index is -0.269. The van der Waals surface area contributed by atoms with Crippen LogP contribution in [0.25, 0.3) is 0 Å². The molecule has 138 valence electrons. The number of hydrogen-bond acceptors (Lipinski definition) is 3. The highest BCUT2D eigenvalue weighted by molar-refractivity contribution is 5.83. The number of carbonyl (C=O) groups is 1. The highest BCUT2D eigenvalue weighted by Crippen LogP contribution is 2.28. The first-order valence-electron chi connectivity index (χ1n) is 9.57. The smallest absolute Gasteiger partial charge is 0.342 e. The summed E-state index contributed by atoms with van der Waals surface area (Å²) < 4.78 is 3.25. The number of benzene rings is 1. The van der Waals surface area contributed by atoms with E-state index in [1.54, 1.807) is 4.57 Å². The lowest BCUT2D eigenvalue weighted by Crippen LogP contribution is -2.37. The molecule has 4 rings (SSSR count). The third-order valence-electron chi connectivity index (χ3n) is 5.68. The average Bonchev–Trinajstić information content (AvgIpc) is 3.27. The Morgan fingerprint density at radius 1 is 1.15 bits per heavy atom. The van der Waals surface area contributed by atoms with Crippen molar-refractivity contribution in [1.29, 1.82) is 0 Å². The van der Waals surface area contributed by atoms with Crippen molar-refractivity contribution in [2.75, 3.05) is 13.1 Å². The van der Waals surface area contributed by atoms with Crippen LogP contribution in [0, 0.1) is 13.8 Å². The monoisotopic (exact) mass is 354 g/mol. The maximum absolute atomic E-state index is 12.9. The molecule has 6 heteroatoms. The van der Waals surface area contributed by atoms with Gasteiger partial charge in [-0.15, -0.1) is 0 Å². The molecular formula is C20H26N4O2. The standard InChI is InChI=1S/C20H26N4O2/c1-14-7-8-15(2)16(12-14)13-24-20(26)23-11-5-6-17(18(23)21-24)19(25)22-9-3-4-10-22/h7-8,12,17H,3-6,9-11,13H2,1-2H3. The fraction of sp³-hybridized carbons (Fsp3) is 0.550. The Labute approximate surface area is 153 Å². The second-order valence-electron chi connectivity index (χ2n) is 7.61. The molecule has 1 amide bonds. The van der Waals surface area contributed by atoms with E-state index < -0.39 is 0 Å². The molecule has 1 aromatic carbocycles. The third-order valence-corrected chi connectivity index (χ3v) is 5.68. The van der Waals surface area contributed by atoms with Crippen LogP contribution < -0.4 is 5.69 Å². The Kier molecular flexibility index (Phi) is 4.42. The van der Waals surface area contributed by atoms with Crippen molar-refractivity contribution in [3.63, 3.8) is 0 Å². The van der Waals surface area contributed by atoms with E-state index in [-0.39, 0.29) is 17.5 Å². The van der Waals surface area contributed by atoms with Gasteiger partial charge in [0.2, 0.25) is 5.91 Å². The summed E-state index contributed by atoms with van der Waals surface area (Å²) in [6, 6.07) is 6.25. The van der Waals surface area contributed by atoms with E-state index in [9.17, 15) is 9.59 Å². The van der Waals surface area contributed by atoms with Crippen molar-refractivity contribution in [2.24, 2.45) is 0 Å². The molecule has 1 atom stereocenters. The van der Waals surface area contributed by atoms with Crippen LogP contribution in [0.4, 0.5) is 0 Å². The lowest BCUT2D eigenvalue weighted by Gasteiger charge is -2.25. The van der Waals surface area contributed by atoms with Crippen LogP contribution in [0.5, 0.6) is 0 Å². The summed E-state index contributed by atoms with van der Waals surface area (Å²) >= 11 is 0. The zero-order valence-corrected chi connectivity index (χ0v) is 15.6. The summed E-state index contributed by atoms with van der Waals surface area (Å²) in [4.78, 5) is 27.7. The predicted molar refractivity (Wildman–Crippen MR) is 99.3 cm³/mol. The zero-order valence-electron chi connectivity index (χ0n) is 15.6. The number of likely N-dealkylation sites (tertiary alicyclic amines) is 1. The van der Waals surface area contributed by atoms with Crippen molar-refractivity contribution < 1.29 is 4.79 Å². The zero-order chi connectivity index (χ0) is 18.3. The molecule has 0 bridgehead atoms. The van der Waals surface area contributed by atoms with Gasteiger partial charge in [-0.3, -0.25) is 9.36 Å². The van der Waals surface area contributed by atoms with Crippen LogP contribution >= 0.6 is 0 Å². The van der Waals surface area contributed by atoms with Crippen molar-refractivity contribution in [3.8, 4) is 0 Å². The summed E-state index contributed by atoms with van der Waals surface area (Å²) in [5.74, 6) is 0.533. The van der Waals surface area contributed by atoms with Crippen LogP contribution in [-0.4, -0.2) is 38.2 Å². The molecule has 1 unspecified atom stereocenters. The van der Waals surface area contributed by atoms with Crippen molar-refractivity contribution in [1.82, 2.24) is 19.2 Å². The summed E-state index contributed by atoms with van der Waals surface area (Å²) in [5.41, 5.74) is 3.33. The lowest BCUT2D eigenvalue weighted by molar-refractivity contribution is -0.132. The lowest BCUT2D eigenvalue weighted by atomic mass is 9.97. The van der Waals surface area contributed by atoms with Gasteiger partial charge in [0, 0.05) is 19.6 Å². The summed E-state index contributed by atoms with van der Waals surface area (Å²) in [6.07, 6.45) is 3.79. The summed E-state index contributed by atoms with van der Waals surface area (Å²) in [6.45, 7) is 6.89. The number of carbonyl (C=O) groups excluding carboxylic acids is 1. The van der Waals surface area contributed by atoms with Gasteiger partial charge in [0.05, 0.1) is 12.5 Å². The molecule has 2 aliphatic rings. The quantitative estimate of drug-likeness (QED) is 0.849. The van der Waals surface area contributed by atoms with Gasteiger partial charge in [0.15, 0.2) is 0 Å². The van der Waals surface area contributed by atoms with E-state index in [2.05, 4.69) is 37.1 Å². The van der Waals surface area contributed by atoms with Crippen LogP contribution in [0.3, 0.4) is 0 Å². The van der Waals surface area contributed by atoms with Gasteiger partial charge < -0.3 is 4.90 Å². The van der Waals surface area contributed by atoms with Crippen molar-refractivity contribution >= 4 is 5.91 Å². The fourth-order valence-corrected chi connectivity index (χ4v) is 4.14. The second kappa shape index (κ2) is 6.74. The van der Waals surface area contributed by atoms with Gasteiger partial charge >= 0.3 is 5.69 Å². The van der Waals surface area contributed by atoms with Gasteiger partial charge in [0.25, 0.3) is 0 Å². The first-order chi connectivity index (χ1) is 12.5. The molecule has 0 aliphatic carbocycles. The first kappa shape index (κ1) is 17.1. The fourth-order valence-electron chi connectivity index (χ4n) is 4.14. The number of hydrogen-bond donors (Lipinski definition) is 0. The maximum atomic E-state index is 12.9. The van der Waals surface area contributed by atoms with Crippen molar-refractivity contribution in [3.05, 3.63) is 51.2 Å². The van der Waals surface area contributed by atoms with Gasteiger partial charge in [-0.05, 0) is 50.7 Å². The summed E-state index contributed by atoms with van der Waals surface area (Å²) in [7, 11) is 0. The Hall–Kier alpha value is -2.37. The second-order valence-corrected chi connectivity index (χ2v) is 7.61. The molecule has 26 heavy (non-hydrogen) atoms. The van der Waals surface area contributed by atoms with E-state index in [4.69, 9.17) is 0 Å². The minimum Gasteiger partial charge on any atom is -0.342 e. The van der Waals surface area contributed by atoms with E-state index in [1.807, 2.05) is 4.90 Å². The first-order valence-corrected chi connectivity index (χ1v) is 9.57. The van der Waals surface area contributed by atoms with E-state index in [1.165, 1.54) is 10.2 Å². The molecule has 0 saturated carbocycles. The van der Waals surface area contributed by atoms with E-state index in [0.717, 1.165) is 49.9 Å². The van der Waals surface area contributed by atoms with E-state index in [0.29, 0.717) is 18.9 Å². The average molecular weight is 354 g/mol. The Balaban J connectivity index is 1.66. The molecular weight excluding hydrogens is 328 g/mol. The number of aromatic nitrogens is 3. The highest BCUT2D eigenvalue weighted by Gasteiger charge is 2.34. The topological polar surface area (TPSA) is 60.1 Å². The van der Waals surface area contributed by atoms with Gasteiger partial charge in [-0.2, -0.15) is 5.10 Å².